The molecular formula is C16H20FN5O2. The van der Waals surface area contributed by atoms with Gasteiger partial charge in [-0.1, -0.05) is 0 Å². The Labute approximate surface area is 139 Å². The van der Waals surface area contributed by atoms with Crippen LogP contribution in [0.4, 0.5) is 20.8 Å². The maximum absolute atomic E-state index is 13.5. The lowest BCUT2D eigenvalue weighted by Gasteiger charge is -2.20. The fraction of sp³-hybridized carbons (Fsp3) is 0.312. The first kappa shape index (κ1) is 17.5. The predicted octanol–water partition coefficient (Wildman–Crippen LogP) is 3.14. The van der Waals surface area contributed by atoms with Gasteiger partial charge in [-0.25, -0.2) is 18.8 Å². The number of ether oxygens (including phenoxy) is 1. The number of imidazole rings is 1. The molecule has 1 heterocycles. The van der Waals surface area contributed by atoms with Crippen LogP contribution in [0.1, 0.15) is 32.0 Å². The molecule has 1 aromatic carbocycles. The smallest absolute Gasteiger partial charge is 0.412 e. The van der Waals surface area contributed by atoms with Crippen molar-refractivity contribution in [2.75, 3.05) is 11.1 Å². The molecule has 0 radical (unpaired) electrons. The van der Waals surface area contributed by atoms with Crippen molar-refractivity contribution in [2.24, 2.45) is 5.10 Å². The first-order valence-electron chi connectivity index (χ1n) is 7.29. The molecule has 0 aliphatic heterocycles. The van der Waals surface area contributed by atoms with E-state index < -0.39 is 17.5 Å². The van der Waals surface area contributed by atoms with E-state index in [1.54, 1.807) is 33.9 Å². The van der Waals surface area contributed by atoms with E-state index >= 15 is 0 Å². The predicted molar refractivity (Wildman–Crippen MR) is 90.6 cm³/mol. The standard InChI is InChI=1S/C16H20FN5O2/c1-10-9-22(14(18)20-10)19-8-11-7-12(17)5-6-13(11)21-15(23)24-16(2,3)4/h5-9H,1-4H3,(H2,18,20)(H,21,23). The van der Waals surface area contributed by atoms with Crippen molar-refractivity contribution in [3.63, 3.8) is 0 Å². The molecule has 1 amide bonds. The topological polar surface area (TPSA) is 94.5 Å². The number of nitrogen functional groups attached to an aromatic ring is 1. The van der Waals surface area contributed by atoms with E-state index in [1.807, 2.05) is 0 Å². The second-order valence-electron chi connectivity index (χ2n) is 6.19. The van der Waals surface area contributed by atoms with Gasteiger partial charge in [-0.2, -0.15) is 5.10 Å². The molecule has 0 bridgehead atoms. The van der Waals surface area contributed by atoms with Crippen LogP contribution in [0.3, 0.4) is 0 Å². The number of nitrogens with one attached hydrogen (secondary N) is 1. The third kappa shape index (κ3) is 4.80. The Morgan fingerprint density at radius 3 is 2.75 bits per heavy atom. The lowest BCUT2D eigenvalue weighted by molar-refractivity contribution is 0.0636. The lowest BCUT2D eigenvalue weighted by Crippen LogP contribution is -2.27. The summed E-state index contributed by atoms with van der Waals surface area (Å²) in [5.41, 5.74) is 6.50. The van der Waals surface area contributed by atoms with Crippen molar-refractivity contribution in [1.29, 1.82) is 0 Å². The van der Waals surface area contributed by atoms with Gasteiger partial charge in [0.2, 0.25) is 5.95 Å². The highest BCUT2D eigenvalue weighted by Gasteiger charge is 2.17. The summed E-state index contributed by atoms with van der Waals surface area (Å²) in [5, 5.41) is 6.70. The molecule has 0 saturated heterocycles. The normalized spacial score (nSPS) is 11.7. The summed E-state index contributed by atoms with van der Waals surface area (Å²) in [6, 6.07) is 3.92. The largest absolute Gasteiger partial charge is 0.444 e. The summed E-state index contributed by atoms with van der Waals surface area (Å²) >= 11 is 0. The zero-order valence-corrected chi connectivity index (χ0v) is 14.0. The van der Waals surface area contributed by atoms with Crippen LogP contribution in [0.25, 0.3) is 0 Å². The third-order valence-corrected chi connectivity index (χ3v) is 2.81. The molecule has 0 fully saturated rings. The Balaban J connectivity index is 2.24. The van der Waals surface area contributed by atoms with E-state index in [4.69, 9.17) is 10.5 Å². The average molecular weight is 333 g/mol. The molecule has 0 saturated carbocycles. The number of benzene rings is 1. The van der Waals surface area contributed by atoms with Crippen molar-refractivity contribution in [1.82, 2.24) is 9.66 Å². The molecule has 128 valence electrons. The van der Waals surface area contributed by atoms with Crippen LogP contribution >= 0.6 is 0 Å². The van der Waals surface area contributed by atoms with E-state index in [-0.39, 0.29) is 5.95 Å². The van der Waals surface area contributed by atoms with Gasteiger partial charge in [0.25, 0.3) is 0 Å². The van der Waals surface area contributed by atoms with Gasteiger partial charge in [0.05, 0.1) is 23.8 Å². The van der Waals surface area contributed by atoms with Gasteiger partial charge in [-0.15, -0.1) is 0 Å². The van der Waals surface area contributed by atoms with Gasteiger partial charge in [-0.3, -0.25) is 5.32 Å². The van der Waals surface area contributed by atoms with Crippen molar-refractivity contribution in [2.45, 2.75) is 33.3 Å². The van der Waals surface area contributed by atoms with Crippen LogP contribution in [-0.4, -0.2) is 27.6 Å². The Kier molecular flexibility index (Phi) is 4.87. The van der Waals surface area contributed by atoms with Gasteiger partial charge >= 0.3 is 6.09 Å². The molecule has 3 N–H and O–H groups in total. The third-order valence-electron chi connectivity index (χ3n) is 2.81. The molecule has 0 atom stereocenters. The van der Waals surface area contributed by atoms with Crippen LogP contribution in [0.5, 0.6) is 0 Å². The number of halogens is 1. The van der Waals surface area contributed by atoms with Crippen LogP contribution in [-0.2, 0) is 4.74 Å². The molecule has 7 nitrogen and oxygen atoms in total. The van der Waals surface area contributed by atoms with Crippen molar-refractivity contribution in [3.05, 3.63) is 41.5 Å². The van der Waals surface area contributed by atoms with E-state index in [2.05, 4.69) is 15.4 Å². The zero-order valence-electron chi connectivity index (χ0n) is 14.0. The number of hydrogen-bond acceptors (Lipinski definition) is 5. The fourth-order valence-corrected chi connectivity index (χ4v) is 1.89. The highest BCUT2D eigenvalue weighted by molar-refractivity contribution is 5.94. The highest BCUT2D eigenvalue weighted by Crippen LogP contribution is 2.17. The molecule has 0 aliphatic rings. The second-order valence-corrected chi connectivity index (χ2v) is 6.19. The Bertz CT molecular complexity index is 777. The molecule has 24 heavy (non-hydrogen) atoms. The molecule has 0 spiro atoms. The van der Waals surface area contributed by atoms with Crippen molar-refractivity contribution >= 4 is 23.9 Å². The highest BCUT2D eigenvalue weighted by atomic mass is 19.1. The van der Waals surface area contributed by atoms with E-state index in [0.717, 1.165) is 0 Å². The molecule has 2 rings (SSSR count). The number of aryl methyl sites for hydroxylation is 1. The monoisotopic (exact) mass is 333 g/mol. The van der Waals surface area contributed by atoms with Crippen LogP contribution in [0.2, 0.25) is 0 Å². The Morgan fingerprint density at radius 1 is 1.46 bits per heavy atom. The van der Waals surface area contributed by atoms with E-state index in [0.29, 0.717) is 16.9 Å². The molecule has 8 heteroatoms. The summed E-state index contributed by atoms with van der Waals surface area (Å²) in [4.78, 5) is 15.9. The first-order chi connectivity index (χ1) is 11.1. The fourth-order valence-electron chi connectivity index (χ4n) is 1.89. The van der Waals surface area contributed by atoms with Crippen LogP contribution in [0.15, 0.2) is 29.5 Å². The number of nitrogens with zero attached hydrogens (tertiary/aromatic N) is 3. The number of anilines is 2. The van der Waals surface area contributed by atoms with E-state index in [9.17, 15) is 9.18 Å². The number of rotatable bonds is 3. The number of hydrogen-bond donors (Lipinski definition) is 2. The van der Waals surface area contributed by atoms with Gasteiger partial charge in [0.15, 0.2) is 0 Å². The number of carbonyl (C=O) groups excluding carboxylic acids is 1. The van der Waals surface area contributed by atoms with Crippen molar-refractivity contribution < 1.29 is 13.9 Å². The van der Waals surface area contributed by atoms with Gasteiger partial charge in [-0.05, 0) is 45.9 Å². The summed E-state index contributed by atoms with van der Waals surface area (Å²) in [5.74, 6) is -0.247. The summed E-state index contributed by atoms with van der Waals surface area (Å²) in [6.45, 7) is 7.04. The average Bonchev–Trinajstić information content (AvgIpc) is 2.75. The maximum atomic E-state index is 13.5. The summed E-state index contributed by atoms with van der Waals surface area (Å²) in [7, 11) is 0. The minimum Gasteiger partial charge on any atom is -0.444 e. The number of amides is 1. The molecule has 0 aliphatic carbocycles. The first-order valence-corrected chi connectivity index (χ1v) is 7.29. The van der Waals surface area contributed by atoms with Crippen molar-refractivity contribution in [3.8, 4) is 0 Å². The quantitative estimate of drug-likeness (QED) is 0.844. The second kappa shape index (κ2) is 6.69. The maximum Gasteiger partial charge on any atom is 0.412 e. The molecule has 2 aromatic rings. The zero-order chi connectivity index (χ0) is 17.9. The summed E-state index contributed by atoms with van der Waals surface area (Å²) in [6.07, 6.45) is 2.38. The Hall–Kier alpha value is -2.90. The lowest BCUT2D eigenvalue weighted by atomic mass is 10.2. The molecule has 0 unspecified atom stereocenters. The van der Waals surface area contributed by atoms with Gasteiger partial charge in [0, 0.05) is 5.56 Å². The Morgan fingerprint density at radius 2 is 2.17 bits per heavy atom. The van der Waals surface area contributed by atoms with Gasteiger partial charge < -0.3 is 10.5 Å². The van der Waals surface area contributed by atoms with E-state index in [1.165, 1.54) is 29.1 Å². The number of aromatic nitrogens is 2. The van der Waals surface area contributed by atoms with Gasteiger partial charge in [0.1, 0.15) is 11.4 Å². The number of carbonyl (C=O) groups is 1. The molecule has 1 aromatic heterocycles. The summed E-state index contributed by atoms with van der Waals surface area (Å²) < 4.78 is 20.1. The minimum absolute atomic E-state index is 0.210. The van der Waals surface area contributed by atoms with Crippen LogP contribution in [0, 0.1) is 12.7 Å². The van der Waals surface area contributed by atoms with Crippen LogP contribution < -0.4 is 11.1 Å². The SMILES string of the molecule is Cc1cn(N=Cc2cc(F)ccc2NC(=O)OC(C)(C)C)c(N)n1. The molecular weight excluding hydrogens is 313 g/mol. The number of nitrogens with two attached hydrogens (primary N) is 1. The minimum atomic E-state index is -0.638.